The Morgan fingerprint density at radius 3 is 2.20 bits per heavy atom. The van der Waals surface area contributed by atoms with Gasteiger partial charge in [-0.2, -0.15) is 0 Å². The highest BCUT2D eigenvalue weighted by Gasteiger charge is 2.32. The summed E-state index contributed by atoms with van der Waals surface area (Å²) in [7, 11) is 1.87. The summed E-state index contributed by atoms with van der Waals surface area (Å²) in [6, 6.07) is 8.94. The largest absolute Gasteiger partial charge is 0.344 e. The van der Waals surface area contributed by atoms with Crippen LogP contribution in [-0.4, -0.2) is 16.1 Å². The Bertz CT molecular complexity index is 723. The van der Waals surface area contributed by atoms with E-state index in [0.717, 1.165) is 12.1 Å². The van der Waals surface area contributed by atoms with Gasteiger partial charge < -0.3 is 4.57 Å². The first-order valence-corrected chi connectivity index (χ1v) is 6.87. The molecule has 2 aromatic rings. The summed E-state index contributed by atoms with van der Waals surface area (Å²) in [4.78, 5) is 25.1. The third kappa shape index (κ3) is 1.73. The van der Waals surface area contributed by atoms with Crippen LogP contribution in [0.4, 0.5) is 0 Å². The molecule has 0 saturated heterocycles. The van der Waals surface area contributed by atoms with Crippen LogP contribution < -0.4 is 0 Å². The summed E-state index contributed by atoms with van der Waals surface area (Å²) >= 11 is 0. The zero-order valence-corrected chi connectivity index (χ0v) is 11.9. The quantitative estimate of drug-likeness (QED) is 0.716. The molecule has 0 spiro atoms. The van der Waals surface area contributed by atoms with Crippen molar-refractivity contribution in [2.24, 2.45) is 13.0 Å². The highest BCUT2D eigenvalue weighted by atomic mass is 16.1. The van der Waals surface area contributed by atoms with Gasteiger partial charge in [-0.25, -0.2) is 0 Å². The second-order valence-electron chi connectivity index (χ2n) is 5.76. The maximum atomic E-state index is 12.6. The second kappa shape index (κ2) is 4.44. The van der Waals surface area contributed by atoms with E-state index in [4.69, 9.17) is 0 Å². The molecule has 0 fully saturated rings. The fourth-order valence-electron chi connectivity index (χ4n) is 2.87. The molecule has 0 atom stereocenters. The highest BCUT2D eigenvalue weighted by Crippen LogP contribution is 2.29. The third-order valence-electron chi connectivity index (χ3n) is 3.83. The van der Waals surface area contributed by atoms with Crippen LogP contribution in [0.1, 0.15) is 51.5 Å². The molecule has 1 aromatic carbocycles. The molecule has 20 heavy (non-hydrogen) atoms. The van der Waals surface area contributed by atoms with Crippen LogP contribution in [-0.2, 0) is 13.5 Å². The number of benzene rings is 1. The smallest absolute Gasteiger partial charge is 0.210 e. The Labute approximate surface area is 118 Å². The minimum Gasteiger partial charge on any atom is -0.344 e. The molecule has 0 radical (unpaired) electrons. The molecule has 0 unspecified atom stereocenters. The molecular formula is C17H17NO2. The molecule has 0 aliphatic heterocycles. The summed E-state index contributed by atoms with van der Waals surface area (Å²) in [6.07, 6.45) is 0.862. The fraction of sp³-hybridized carbons (Fsp3) is 0.294. The van der Waals surface area contributed by atoms with Crippen molar-refractivity contribution in [1.82, 2.24) is 4.57 Å². The molecule has 1 aliphatic carbocycles. The van der Waals surface area contributed by atoms with Crippen molar-refractivity contribution in [3.63, 3.8) is 0 Å². The van der Waals surface area contributed by atoms with Crippen LogP contribution in [0.3, 0.4) is 0 Å². The molecule has 0 amide bonds. The molecular weight excluding hydrogens is 250 g/mol. The average molecular weight is 267 g/mol. The van der Waals surface area contributed by atoms with Gasteiger partial charge in [-0.1, -0.05) is 38.1 Å². The Hall–Kier alpha value is -2.16. The summed E-state index contributed by atoms with van der Waals surface area (Å²) in [5.74, 6) is 0.395. The van der Waals surface area contributed by atoms with Crippen molar-refractivity contribution in [2.45, 2.75) is 20.3 Å². The number of hydrogen-bond acceptors (Lipinski definition) is 2. The van der Waals surface area contributed by atoms with Gasteiger partial charge in [-0.3, -0.25) is 9.59 Å². The molecule has 0 saturated carbocycles. The van der Waals surface area contributed by atoms with Gasteiger partial charge in [0.1, 0.15) is 5.69 Å². The van der Waals surface area contributed by atoms with Crippen LogP contribution in [0.2, 0.25) is 0 Å². The van der Waals surface area contributed by atoms with Crippen molar-refractivity contribution in [3.8, 4) is 0 Å². The lowest BCUT2D eigenvalue weighted by atomic mass is 9.88. The lowest BCUT2D eigenvalue weighted by molar-refractivity contribution is 0.0974. The zero-order chi connectivity index (χ0) is 14.4. The molecule has 1 aliphatic rings. The fourth-order valence-corrected chi connectivity index (χ4v) is 2.87. The number of carbonyl (C=O) groups is 2. The Morgan fingerprint density at radius 2 is 1.60 bits per heavy atom. The van der Waals surface area contributed by atoms with Crippen molar-refractivity contribution >= 4 is 11.6 Å². The van der Waals surface area contributed by atoms with E-state index in [1.807, 2.05) is 17.7 Å². The highest BCUT2D eigenvalue weighted by molar-refractivity contribution is 6.28. The Balaban J connectivity index is 2.20. The molecule has 0 bridgehead atoms. The van der Waals surface area contributed by atoms with E-state index < -0.39 is 0 Å². The van der Waals surface area contributed by atoms with Crippen molar-refractivity contribution < 1.29 is 9.59 Å². The SMILES string of the molecule is CC(C)Cc1cc2c(n1C)C(=O)c1ccccc1C2=O. The zero-order valence-electron chi connectivity index (χ0n) is 11.9. The van der Waals surface area contributed by atoms with Crippen LogP contribution in [0.5, 0.6) is 0 Å². The van der Waals surface area contributed by atoms with Gasteiger partial charge in [0.2, 0.25) is 5.78 Å². The predicted octanol–water partition coefficient (Wildman–Crippen LogP) is 3.00. The lowest BCUT2D eigenvalue weighted by Crippen LogP contribution is -2.22. The van der Waals surface area contributed by atoms with Crippen LogP contribution in [0.15, 0.2) is 30.3 Å². The van der Waals surface area contributed by atoms with Crippen molar-refractivity contribution in [3.05, 3.63) is 58.4 Å². The number of fused-ring (bicyclic) bond motifs is 2. The Morgan fingerprint density at radius 1 is 1.00 bits per heavy atom. The van der Waals surface area contributed by atoms with E-state index in [-0.39, 0.29) is 11.6 Å². The standard InChI is InChI=1S/C17H17NO2/c1-10(2)8-11-9-14-15(18(11)3)17(20)13-7-5-4-6-12(13)16(14)19/h4-7,9-10H,8H2,1-3H3. The number of hydrogen-bond donors (Lipinski definition) is 0. The van der Waals surface area contributed by atoms with Gasteiger partial charge in [0.15, 0.2) is 5.78 Å². The molecule has 3 rings (SSSR count). The second-order valence-corrected chi connectivity index (χ2v) is 5.76. The van der Waals surface area contributed by atoms with Gasteiger partial charge in [-0.15, -0.1) is 0 Å². The van der Waals surface area contributed by atoms with Crippen LogP contribution in [0.25, 0.3) is 0 Å². The molecule has 3 heteroatoms. The lowest BCUT2D eigenvalue weighted by Gasteiger charge is -2.15. The van der Waals surface area contributed by atoms with E-state index in [1.165, 1.54) is 0 Å². The number of carbonyl (C=O) groups excluding carboxylic acids is 2. The van der Waals surface area contributed by atoms with E-state index in [0.29, 0.717) is 28.3 Å². The first-order chi connectivity index (χ1) is 9.50. The molecule has 0 N–H and O–H groups in total. The normalized spacial score (nSPS) is 13.6. The van der Waals surface area contributed by atoms with E-state index in [1.54, 1.807) is 24.3 Å². The van der Waals surface area contributed by atoms with E-state index in [9.17, 15) is 9.59 Å². The van der Waals surface area contributed by atoms with E-state index in [2.05, 4.69) is 13.8 Å². The maximum Gasteiger partial charge on any atom is 0.210 e. The average Bonchev–Trinajstić information content (AvgIpc) is 2.73. The number of aromatic nitrogens is 1. The van der Waals surface area contributed by atoms with Crippen LogP contribution >= 0.6 is 0 Å². The summed E-state index contributed by atoms with van der Waals surface area (Å²) in [5.41, 5.74) is 3.16. The van der Waals surface area contributed by atoms with Crippen LogP contribution in [0, 0.1) is 5.92 Å². The topological polar surface area (TPSA) is 39.1 Å². The summed E-state index contributed by atoms with van der Waals surface area (Å²) in [6.45, 7) is 4.26. The molecule has 1 heterocycles. The summed E-state index contributed by atoms with van der Waals surface area (Å²) < 4.78 is 1.88. The first-order valence-electron chi connectivity index (χ1n) is 6.87. The Kier molecular flexibility index (Phi) is 2.85. The number of nitrogens with zero attached hydrogens (tertiary/aromatic N) is 1. The van der Waals surface area contributed by atoms with Crippen molar-refractivity contribution in [1.29, 1.82) is 0 Å². The predicted molar refractivity (Wildman–Crippen MR) is 77.3 cm³/mol. The molecule has 1 aromatic heterocycles. The van der Waals surface area contributed by atoms with Crippen molar-refractivity contribution in [2.75, 3.05) is 0 Å². The minimum atomic E-state index is -0.0484. The monoisotopic (exact) mass is 267 g/mol. The van der Waals surface area contributed by atoms with Gasteiger partial charge in [0.05, 0.1) is 5.56 Å². The number of rotatable bonds is 2. The van der Waals surface area contributed by atoms with Gasteiger partial charge in [0, 0.05) is 23.9 Å². The molecule has 102 valence electrons. The third-order valence-corrected chi connectivity index (χ3v) is 3.83. The van der Waals surface area contributed by atoms with Gasteiger partial charge in [-0.05, 0) is 18.4 Å². The molecule has 3 nitrogen and oxygen atoms in total. The minimum absolute atomic E-state index is 0.0409. The van der Waals surface area contributed by atoms with E-state index >= 15 is 0 Å². The number of ketones is 2. The van der Waals surface area contributed by atoms with Gasteiger partial charge >= 0.3 is 0 Å². The maximum absolute atomic E-state index is 12.6. The first kappa shape index (κ1) is 12.9. The van der Waals surface area contributed by atoms with Gasteiger partial charge in [0.25, 0.3) is 0 Å². The summed E-state index contributed by atoms with van der Waals surface area (Å²) in [5, 5.41) is 0.